The third kappa shape index (κ3) is 4.01. The highest BCUT2D eigenvalue weighted by atomic mass is 16.5. The maximum Gasteiger partial charge on any atom is 0.0733 e. The molecule has 0 heterocycles. The van der Waals surface area contributed by atoms with Crippen LogP contribution in [0.2, 0.25) is 0 Å². The Bertz CT molecular complexity index is 331. The number of rotatable bonds is 6. The van der Waals surface area contributed by atoms with Gasteiger partial charge in [-0.25, -0.2) is 0 Å². The van der Waals surface area contributed by atoms with Crippen LogP contribution in [-0.4, -0.2) is 13.7 Å². The number of nitriles is 1. The molecule has 1 N–H and O–H groups in total. The van der Waals surface area contributed by atoms with Crippen LogP contribution in [0, 0.1) is 11.3 Å². The molecule has 0 fully saturated rings. The maximum atomic E-state index is 8.40. The van der Waals surface area contributed by atoms with E-state index in [9.17, 15) is 0 Å². The van der Waals surface area contributed by atoms with Gasteiger partial charge in [0.15, 0.2) is 0 Å². The summed E-state index contributed by atoms with van der Waals surface area (Å²) in [5, 5.41) is 11.7. The summed E-state index contributed by atoms with van der Waals surface area (Å²) in [4.78, 5) is 0. The van der Waals surface area contributed by atoms with E-state index in [0.29, 0.717) is 13.0 Å². The lowest BCUT2D eigenvalue weighted by atomic mass is 10.2. The highest BCUT2D eigenvalue weighted by Gasteiger charge is 1.99. The minimum absolute atomic E-state index is 0.597. The van der Waals surface area contributed by atoms with Crippen LogP contribution in [0.5, 0.6) is 0 Å². The van der Waals surface area contributed by atoms with E-state index >= 15 is 0 Å². The average molecular weight is 204 g/mol. The fourth-order valence-corrected chi connectivity index (χ4v) is 1.36. The van der Waals surface area contributed by atoms with E-state index in [4.69, 9.17) is 10.00 Å². The summed E-state index contributed by atoms with van der Waals surface area (Å²) in [6.07, 6.45) is 1.47. The molecule has 15 heavy (non-hydrogen) atoms. The number of methoxy groups -OCH3 is 1. The lowest BCUT2D eigenvalue weighted by Crippen LogP contribution is -2.04. The van der Waals surface area contributed by atoms with Gasteiger partial charge in [0.1, 0.15) is 0 Å². The van der Waals surface area contributed by atoms with Gasteiger partial charge in [0, 0.05) is 31.3 Å². The van der Waals surface area contributed by atoms with E-state index in [0.717, 1.165) is 24.2 Å². The Morgan fingerprint density at radius 3 is 2.93 bits per heavy atom. The van der Waals surface area contributed by atoms with E-state index < -0.39 is 0 Å². The number of hydrogen-bond donors (Lipinski definition) is 1. The summed E-state index contributed by atoms with van der Waals surface area (Å²) in [5.41, 5.74) is 2.24. The molecule has 0 saturated carbocycles. The number of hydrogen-bond acceptors (Lipinski definition) is 3. The van der Waals surface area contributed by atoms with Gasteiger partial charge in [-0.3, -0.25) is 0 Å². The molecule has 1 aromatic rings. The average Bonchev–Trinajstić information content (AvgIpc) is 2.27. The van der Waals surface area contributed by atoms with Crippen LogP contribution in [0.4, 0.5) is 5.69 Å². The Morgan fingerprint density at radius 2 is 2.20 bits per heavy atom. The first-order valence-corrected chi connectivity index (χ1v) is 5.06. The number of para-hydroxylation sites is 1. The summed E-state index contributed by atoms with van der Waals surface area (Å²) in [6.45, 7) is 1.44. The number of nitrogens with one attached hydrogen (secondary N) is 1. The van der Waals surface area contributed by atoms with E-state index in [2.05, 4.69) is 11.4 Å². The third-order valence-corrected chi connectivity index (χ3v) is 2.10. The number of nitrogens with zero attached hydrogens (tertiary/aromatic N) is 1. The molecule has 0 spiro atoms. The minimum Gasteiger partial charge on any atom is -0.385 e. The van der Waals surface area contributed by atoms with Crippen molar-refractivity contribution in [2.75, 3.05) is 19.0 Å². The van der Waals surface area contributed by atoms with Crippen LogP contribution in [0.25, 0.3) is 0 Å². The molecule has 3 heteroatoms. The Labute approximate surface area is 90.7 Å². The normalized spacial score (nSPS) is 9.60. The lowest BCUT2D eigenvalue weighted by Gasteiger charge is -2.10. The molecule has 0 aliphatic heterocycles. The maximum absolute atomic E-state index is 8.40. The van der Waals surface area contributed by atoms with Crippen LogP contribution in [-0.2, 0) is 11.3 Å². The topological polar surface area (TPSA) is 45.0 Å². The van der Waals surface area contributed by atoms with Crippen LogP contribution in [0.3, 0.4) is 0 Å². The standard InChI is InChI=1S/C12H16N2O/c1-15-10-11-6-2-3-7-12(11)14-9-5-4-8-13/h2-3,6-7,14H,4-5,9-10H2,1H3. The summed E-state index contributed by atoms with van der Waals surface area (Å²) >= 11 is 0. The molecule has 0 unspecified atom stereocenters. The second-order valence-electron chi connectivity index (χ2n) is 3.28. The molecule has 0 aliphatic carbocycles. The van der Waals surface area contributed by atoms with E-state index in [-0.39, 0.29) is 0 Å². The molecule has 0 aliphatic rings. The van der Waals surface area contributed by atoms with Gasteiger partial charge in [-0.05, 0) is 12.5 Å². The van der Waals surface area contributed by atoms with Crippen molar-refractivity contribution >= 4 is 5.69 Å². The van der Waals surface area contributed by atoms with Crippen molar-refractivity contribution in [3.8, 4) is 6.07 Å². The van der Waals surface area contributed by atoms with Gasteiger partial charge in [-0.2, -0.15) is 5.26 Å². The van der Waals surface area contributed by atoms with Crippen molar-refractivity contribution in [3.05, 3.63) is 29.8 Å². The SMILES string of the molecule is COCc1ccccc1NCCCC#N. The van der Waals surface area contributed by atoms with Gasteiger partial charge < -0.3 is 10.1 Å². The number of anilines is 1. The minimum atomic E-state index is 0.597. The molecule has 0 radical (unpaired) electrons. The summed E-state index contributed by atoms with van der Waals surface area (Å²) in [5.74, 6) is 0. The molecule has 0 aromatic heterocycles. The smallest absolute Gasteiger partial charge is 0.0733 e. The van der Waals surface area contributed by atoms with Crippen LogP contribution in [0.15, 0.2) is 24.3 Å². The first-order valence-electron chi connectivity index (χ1n) is 5.06. The van der Waals surface area contributed by atoms with Gasteiger partial charge in [0.2, 0.25) is 0 Å². The van der Waals surface area contributed by atoms with Crippen molar-refractivity contribution in [1.82, 2.24) is 0 Å². The van der Waals surface area contributed by atoms with Crippen molar-refractivity contribution in [2.45, 2.75) is 19.4 Å². The van der Waals surface area contributed by atoms with E-state index in [1.165, 1.54) is 0 Å². The van der Waals surface area contributed by atoms with Gasteiger partial charge in [0.25, 0.3) is 0 Å². The third-order valence-electron chi connectivity index (χ3n) is 2.10. The molecular formula is C12H16N2O. The second-order valence-corrected chi connectivity index (χ2v) is 3.28. The largest absolute Gasteiger partial charge is 0.385 e. The molecule has 1 rings (SSSR count). The monoisotopic (exact) mass is 204 g/mol. The van der Waals surface area contributed by atoms with Crippen molar-refractivity contribution in [3.63, 3.8) is 0 Å². The molecule has 0 amide bonds. The van der Waals surface area contributed by atoms with Crippen LogP contribution in [0.1, 0.15) is 18.4 Å². The highest BCUT2D eigenvalue weighted by Crippen LogP contribution is 2.15. The molecular weight excluding hydrogens is 188 g/mol. The van der Waals surface area contributed by atoms with Gasteiger partial charge >= 0.3 is 0 Å². The first-order chi connectivity index (χ1) is 7.38. The number of benzene rings is 1. The fourth-order valence-electron chi connectivity index (χ4n) is 1.36. The molecule has 80 valence electrons. The molecule has 0 saturated heterocycles. The Kier molecular flexibility index (Phi) is 5.28. The Balaban J connectivity index is 2.48. The molecule has 0 atom stereocenters. The van der Waals surface area contributed by atoms with Crippen molar-refractivity contribution < 1.29 is 4.74 Å². The predicted molar refractivity (Wildman–Crippen MR) is 60.5 cm³/mol. The van der Waals surface area contributed by atoms with Gasteiger partial charge in [0.05, 0.1) is 12.7 Å². The summed E-state index contributed by atoms with van der Waals surface area (Å²) < 4.78 is 5.10. The summed E-state index contributed by atoms with van der Waals surface area (Å²) in [7, 11) is 1.69. The number of ether oxygens (including phenoxy) is 1. The second kappa shape index (κ2) is 6.86. The summed E-state index contributed by atoms with van der Waals surface area (Å²) in [6, 6.07) is 10.2. The van der Waals surface area contributed by atoms with Crippen LogP contribution >= 0.6 is 0 Å². The van der Waals surface area contributed by atoms with Crippen LogP contribution < -0.4 is 5.32 Å². The molecule has 0 bridgehead atoms. The van der Waals surface area contributed by atoms with Crippen molar-refractivity contribution in [1.29, 1.82) is 5.26 Å². The first kappa shape index (κ1) is 11.5. The van der Waals surface area contributed by atoms with Crippen molar-refractivity contribution in [2.24, 2.45) is 0 Å². The zero-order valence-corrected chi connectivity index (χ0v) is 8.99. The van der Waals surface area contributed by atoms with E-state index in [1.54, 1.807) is 7.11 Å². The Morgan fingerprint density at radius 1 is 1.40 bits per heavy atom. The van der Waals surface area contributed by atoms with Gasteiger partial charge in [-0.15, -0.1) is 0 Å². The lowest BCUT2D eigenvalue weighted by molar-refractivity contribution is 0.185. The van der Waals surface area contributed by atoms with Gasteiger partial charge in [-0.1, -0.05) is 18.2 Å². The quantitative estimate of drug-likeness (QED) is 0.724. The number of unbranched alkanes of at least 4 members (excludes halogenated alkanes) is 1. The predicted octanol–water partition coefficient (Wildman–Crippen LogP) is 2.55. The fraction of sp³-hybridized carbons (Fsp3) is 0.417. The zero-order chi connectivity index (χ0) is 10.9. The Hall–Kier alpha value is -1.53. The zero-order valence-electron chi connectivity index (χ0n) is 8.99. The van der Waals surface area contributed by atoms with E-state index in [1.807, 2.05) is 24.3 Å². The molecule has 1 aromatic carbocycles. The highest BCUT2D eigenvalue weighted by molar-refractivity contribution is 5.50. The molecule has 3 nitrogen and oxygen atoms in total.